The molecule has 0 aromatic rings. The van der Waals surface area contributed by atoms with Crippen LogP contribution in [0.2, 0.25) is 0 Å². The smallest absolute Gasteiger partial charge is 0.303 e. The van der Waals surface area contributed by atoms with Crippen LogP contribution in [0.4, 0.5) is 0 Å². The average molecular weight is 888 g/mol. The number of nitrogens with one attached hydrogen (secondary N) is 1. The van der Waals surface area contributed by atoms with E-state index in [1.54, 1.807) is 0 Å². The number of esters is 2. The van der Waals surface area contributed by atoms with Gasteiger partial charge in [0.25, 0.3) is 0 Å². The lowest BCUT2D eigenvalue weighted by Gasteiger charge is -2.53. The van der Waals surface area contributed by atoms with Crippen LogP contribution in [0.15, 0.2) is 0 Å². The maximum atomic E-state index is 13.0. The van der Waals surface area contributed by atoms with E-state index in [-0.39, 0.29) is 0 Å². The van der Waals surface area contributed by atoms with Gasteiger partial charge in [-0.2, -0.15) is 0 Å². The van der Waals surface area contributed by atoms with Gasteiger partial charge in [-0.15, -0.1) is 0 Å². The molecule has 0 saturated carbocycles. The number of fused-ring (bicyclic) bond motifs is 6. The SMILES string of the molecule is CC(=O)N[C@H]1[C@@H]2O[C@H]3[C@H](O[C@H]4[C@H](O[C@@H]5[C@@H](O)[C@H](C)O[C@@H](O[C@H]1[C@H](O[C@H]1O[C@H](CO)[C@@H](O)[C@H](O)[C@H]1O)[C@@H](CO)O2)[C@@H]5O)O[C@@H](C)[C@H](O)[C@H]4O)O[C@@H](C)[C@H](OC(C)=O)[C@H]3OC(C)=O. The zero-order valence-electron chi connectivity index (χ0n) is 34.0. The van der Waals surface area contributed by atoms with Crippen molar-refractivity contribution in [3.05, 3.63) is 0 Å². The van der Waals surface area contributed by atoms with E-state index < -0.39 is 185 Å². The van der Waals surface area contributed by atoms with Gasteiger partial charge in [-0.05, 0) is 20.8 Å². The maximum absolute atomic E-state index is 13.0. The van der Waals surface area contributed by atoms with Crippen molar-refractivity contribution in [1.29, 1.82) is 0 Å². The molecule has 6 aliphatic rings. The summed E-state index contributed by atoms with van der Waals surface area (Å²) in [6, 6.07) is -1.64. The van der Waals surface area contributed by atoms with E-state index in [0.29, 0.717) is 0 Å². The molecule has 0 radical (unpaired) electrons. The number of carbonyl (C=O) groups is 3. The van der Waals surface area contributed by atoms with Gasteiger partial charge >= 0.3 is 11.9 Å². The van der Waals surface area contributed by atoms with E-state index in [4.69, 9.17) is 56.8 Å². The highest BCUT2D eigenvalue weighted by molar-refractivity contribution is 5.73. The van der Waals surface area contributed by atoms with Gasteiger partial charge in [0.1, 0.15) is 85.4 Å². The fourth-order valence-electron chi connectivity index (χ4n) is 8.27. The molecule has 0 spiro atoms. The summed E-state index contributed by atoms with van der Waals surface area (Å²) < 4.78 is 72.4. The molecule has 6 heterocycles. The number of aliphatic hydroxyl groups excluding tert-OH is 9. The van der Waals surface area contributed by atoms with Crippen LogP contribution in [0, 0.1) is 0 Å². The fourth-order valence-corrected chi connectivity index (χ4v) is 8.27. The molecule has 0 unspecified atom stereocenters. The highest BCUT2D eigenvalue weighted by atomic mass is 16.8. The van der Waals surface area contributed by atoms with Crippen molar-refractivity contribution in [2.75, 3.05) is 13.2 Å². The molecule has 6 aliphatic heterocycles. The van der Waals surface area contributed by atoms with E-state index in [1.165, 1.54) is 20.8 Å². The summed E-state index contributed by atoms with van der Waals surface area (Å²) in [5, 5.41) is 101. The normalized spacial score (nSPS) is 50.5. The molecular formula is C36H57NO24. The van der Waals surface area contributed by atoms with Crippen molar-refractivity contribution in [3.8, 4) is 0 Å². The third-order valence-electron chi connectivity index (χ3n) is 11.4. The van der Waals surface area contributed by atoms with Crippen molar-refractivity contribution >= 4 is 17.8 Å². The van der Waals surface area contributed by atoms with Crippen LogP contribution in [-0.4, -0.2) is 230 Å². The highest BCUT2D eigenvalue weighted by Gasteiger charge is 2.60. The van der Waals surface area contributed by atoms with Crippen LogP contribution in [0.25, 0.3) is 0 Å². The first-order valence-electron chi connectivity index (χ1n) is 19.9. The van der Waals surface area contributed by atoms with Gasteiger partial charge in [0.15, 0.2) is 49.8 Å². The van der Waals surface area contributed by atoms with Gasteiger partial charge < -0.3 is 108 Å². The summed E-state index contributed by atoms with van der Waals surface area (Å²) in [5.74, 6) is -2.49. The minimum atomic E-state index is -1.99. The second-order valence-electron chi connectivity index (χ2n) is 15.9. The van der Waals surface area contributed by atoms with Crippen LogP contribution in [0.5, 0.6) is 0 Å². The number of hydrogen-bond donors (Lipinski definition) is 10. The second-order valence-corrected chi connectivity index (χ2v) is 15.9. The average Bonchev–Trinajstić information content (AvgIpc) is 3.19. The molecule has 0 aromatic heterocycles. The lowest BCUT2D eigenvalue weighted by molar-refractivity contribution is -0.414. The minimum Gasteiger partial charge on any atom is -0.456 e. The quantitative estimate of drug-likeness (QED) is 0.106. The molecule has 61 heavy (non-hydrogen) atoms. The van der Waals surface area contributed by atoms with Gasteiger partial charge in [-0.25, -0.2) is 0 Å². The molecule has 0 aliphatic carbocycles. The Balaban J connectivity index is 1.51. The summed E-state index contributed by atoms with van der Waals surface area (Å²) in [5.41, 5.74) is 0. The second kappa shape index (κ2) is 19.8. The van der Waals surface area contributed by atoms with Crippen LogP contribution in [0.1, 0.15) is 41.5 Å². The first kappa shape index (κ1) is 48.1. The van der Waals surface area contributed by atoms with Crippen molar-refractivity contribution in [1.82, 2.24) is 5.32 Å². The summed E-state index contributed by atoms with van der Waals surface area (Å²) in [6.45, 7) is 5.68. The molecule has 6 saturated heterocycles. The fraction of sp³-hybridized carbons (Fsp3) is 0.917. The van der Waals surface area contributed by atoms with Crippen molar-refractivity contribution in [2.45, 2.75) is 195 Å². The molecule has 25 nitrogen and oxygen atoms in total. The molecule has 6 rings (SSSR count). The van der Waals surface area contributed by atoms with Crippen LogP contribution >= 0.6 is 0 Å². The number of hydrogen-bond acceptors (Lipinski definition) is 24. The Morgan fingerprint density at radius 3 is 1.64 bits per heavy atom. The van der Waals surface area contributed by atoms with Crippen LogP contribution < -0.4 is 5.32 Å². The van der Waals surface area contributed by atoms with E-state index in [1.807, 2.05) is 0 Å². The van der Waals surface area contributed by atoms with Gasteiger partial charge in [0, 0.05) is 20.8 Å². The van der Waals surface area contributed by atoms with E-state index in [2.05, 4.69) is 5.32 Å². The summed E-state index contributed by atoms with van der Waals surface area (Å²) >= 11 is 0. The number of aliphatic hydroxyl groups is 9. The summed E-state index contributed by atoms with van der Waals surface area (Å²) in [7, 11) is 0. The molecule has 6 fully saturated rings. The Labute approximate surface area is 348 Å². The summed E-state index contributed by atoms with van der Waals surface area (Å²) in [4.78, 5) is 38.1. The predicted octanol–water partition coefficient (Wildman–Crippen LogP) is -6.51. The number of rotatable bonds is 7. The zero-order valence-corrected chi connectivity index (χ0v) is 34.0. The standard InChI is InChI=1S/C36H57NO24/c1-9-18(43)22(47)29-35(51-9)59-28-19(44)10(2)50-34(24(28)49)58-27-17(37-12(4)40)32(56-16(8-39)26(27)57-33-23(48)21(46)20(45)15(7-38)55-33)61-31-30(54-14(6)42)25(53-13(5)41)11(3)52-36(31)60-29/h9-11,15-36,38-39,43-49H,7-8H2,1-6H3,(H,37,40)/t9-,10-,11-,15+,16+,17+,18-,19-,20+,21-,22+,23+,24+,25-,26+,27+,28+,29+,30+,31+,32-,33+,34-,35-,36-/m0/s1. The zero-order chi connectivity index (χ0) is 44.8. The summed E-state index contributed by atoms with van der Waals surface area (Å²) in [6.07, 6.45) is -40.0. The van der Waals surface area contributed by atoms with Crippen molar-refractivity contribution < 1.29 is 117 Å². The number of amides is 1. The van der Waals surface area contributed by atoms with Gasteiger partial charge in [0.05, 0.1) is 31.5 Å². The number of ether oxygens (including phenoxy) is 12. The Morgan fingerprint density at radius 1 is 0.475 bits per heavy atom. The molecule has 4 bridgehead atoms. The molecule has 25 heteroatoms. The predicted molar refractivity (Wildman–Crippen MR) is 190 cm³/mol. The Kier molecular flexibility index (Phi) is 15.6. The number of carbonyl (C=O) groups excluding carboxylic acids is 3. The minimum absolute atomic E-state index is 0.759. The van der Waals surface area contributed by atoms with Crippen molar-refractivity contribution in [2.24, 2.45) is 0 Å². The lowest BCUT2D eigenvalue weighted by Crippen LogP contribution is -2.72. The lowest BCUT2D eigenvalue weighted by atomic mass is 9.93. The molecule has 1 amide bonds. The van der Waals surface area contributed by atoms with Crippen molar-refractivity contribution in [3.63, 3.8) is 0 Å². The first-order chi connectivity index (χ1) is 28.7. The van der Waals surface area contributed by atoms with E-state index in [9.17, 15) is 60.3 Å². The third-order valence-corrected chi connectivity index (χ3v) is 11.4. The molecule has 0 aromatic carbocycles. The van der Waals surface area contributed by atoms with Crippen LogP contribution in [0.3, 0.4) is 0 Å². The van der Waals surface area contributed by atoms with Gasteiger partial charge in [0.2, 0.25) is 5.91 Å². The largest absolute Gasteiger partial charge is 0.456 e. The monoisotopic (exact) mass is 887 g/mol. The topological polar surface area (TPSA) is 356 Å². The van der Waals surface area contributed by atoms with Crippen LogP contribution in [-0.2, 0) is 71.2 Å². The first-order valence-corrected chi connectivity index (χ1v) is 19.9. The molecular weight excluding hydrogens is 830 g/mol. The van der Waals surface area contributed by atoms with Gasteiger partial charge in [-0.3, -0.25) is 14.4 Å². The van der Waals surface area contributed by atoms with E-state index >= 15 is 0 Å². The third kappa shape index (κ3) is 10.00. The Hall–Kier alpha value is -2.35. The Morgan fingerprint density at radius 2 is 1.02 bits per heavy atom. The molecule has 350 valence electrons. The Bertz CT molecular complexity index is 1510. The maximum Gasteiger partial charge on any atom is 0.303 e. The van der Waals surface area contributed by atoms with E-state index in [0.717, 1.165) is 20.8 Å². The molecule has 25 atom stereocenters. The molecule has 10 N–H and O–H groups in total. The highest BCUT2D eigenvalue weighted by Crippen LogP contribution is 2.40. The van der Waals surface area contributed by atoms with Gasteiger partial charge in [-0.1, -0.05) is 0 Å².